The number of ether oxygens (including phenoxy) is 1. The fourth-order valence-corrected chi connectivity index (χ4v) is 4.22. The van der Waals surface area contributed by atoms with Crippen LogP contribution in [0, 0.1) is 6.92 Å². The van der Waals surface area contributed by atoms with Crippen molar-refractivity contribution in [2.45, 2.75) is 38.6 Å². The van der Waals surface area contributed by atoms with Crippen molar-refractivity contribution in [3.05, 3.63) is 71.4 Å². The van der Waals surface area contributed by atoms with Gasteiger partial charge in [0.2, 0.25) is 0 Å². The molecule has 1 saturated heterocycles. The highest BCUT2D eigenvalue weighted by atomic mass is 16.5. The van der Waals surface area contributed by atoms with Crippen LogP contribution in [0.15, 0.2) is 48.8 Å². The van der Waals surface area contributed by atoms with Gasteiger partial charge < -0.3 is 20.7 Å². The zero-order chi connectivity index (χ0) is 23.4. The van der Waals surface area contributed by atoms with Gasteiger partial charge in [-0.1, -0.05) is 13.0 Å². The summed E-state index contributed by atoms with van der Waals surface area (Å²) in [6.07, 6.45) is 5.19. The van der Waals surface area contributed by atoms with E-state index in [0.29, 0.717) is 42.6 Å². The van der Waals surface area contributed by atoms with Crippen molar-refractivity contribution in [2.24, 2.45) is 0 Å². The summed E-state index contributed by atoms with van der Waals surface area (Å²) in [6, 6.07) is 11.3. The molecule has 0 saturated carbocycles. The number of pyridine rings is 1. The second kappa shape index (κ2) is 9.44. The Hall–Kier alpha value is -3.68. The van der Waals surface area contributed by atoms with E-state index in [2.05, 4.69) is 27.2 Å². The molecule has 0 spiro atoms. The van der Waals surface area contributed by atoms with Crippen LogP contribution in [0.5, 0.6) is 5.75 Å². The highest BCUT2D eigenvalue weighted by Crippen LogP contribution is 2.35. The van der Waals surface area contributed by atoms with Gasteiger partial charge in [0, 0.05) is 49.1 Å². The molecule has 0 unspecified atom stereocenters. The van der Waals surface area contributed by atoms with Gasteiger partial charge in [-0.05, 0) is 49.6 Å². The lowest BCUT2D eigenvalue weighted by Gasteiger charge is -2.39. The molecule has 8 heteroatoms. The van der Waals surface area contributed by atoms with E-state index in [9.17, 15) is 4.79 Å². The largest absolute Gasteiger partial charge is 0.495 e. The van der Waals surface area contributed by atoms with Crippen LogP contribution in [0.1, 0.15) is 47.2 Å². The first-order chi connectivity index (χ1) is 15.9. The zero-order valence-electron chi connectivity index (χ0n) is 19.3. The number of piperidine rings is 1. The average molecular weight is 447 g/mol. The Morgan fingerprint density at radius 1 is 1.21 bits per heavy atom. The van der Waals surface area contributed by atoms with Gasteiger partial charge in [0.15, 0.2) is 0 Å². The first kappa shape index (κ1) is 22.5. The number of rotatable bonds is 6. The van der Waals surface area contributed by atoms with E-state index in [1.54, 1.807) is 13.3 Å². The van der Waals surface area contributed by atoms with Crippen molar-refractivity contribution >= 4 is 17.4 Å². The van der Waals surface area contributed by atoms with Crippen LogP contribution in [0.3, 0.4) is 0 Å². The van der Waals surface area contributed by atoms with Crippen LogP contribution in [0.2, 0.25) is 0 Å². The molecule has 2 aromatic heterocycles. The van der Waals surface area contributed by atoms with Gasteiger partial charge in [-0.25, -0.2) is 9.97 Å². The van der Waals surface area contributed by atoms with Crippen molar-refractivity contribution < 1.29 is 9.53 Å². The van der Waals surface area contributed by atoms with E-state index in [1.165, 1.54) is 0 Å². The van der Waals surface area contributed by atoms with Gasteiger partial charge in [0.1, 0.15) is 17.4 Å². The molecule has 0 aliphatic carbocycles. The lowest BCUT2D eigenvalue weighted by molar-refractivity contribution is 0.0673. The summed E-state index contributed by atoms with van der Waals surface area (Å²) < 4.78 is 5.48. The Morgan fingerprint density at radius 2 is 2.00 bits per heavy atom. The Morgan fingerprint density at radius 3 is 2.67 bits per heavy atom. The number of methoxy groups -OCH3 is 1. The van der Waals surface area contributed by atoms with Crippen LogP contribution < -0.4 is 15.8 Å². The van der Waals surface area contributed by atoms with Crippen LogP contribution in [-0.4, -0.2) is 46.0 Å². The summed E-state index contributed by atoms with van der Waals surface area (Å²) >= 11 is 0. The minimum atomic E-state index is -0.130. The molecule has 1 fully saturated rings. The number of anilines is 2. The van der Waals surface area contributed by atoms with E-state index in [0.717, 1.165) is 29.8 Å². The number of aryl methyl sites for hydroxylation is 1. The molecule has 4 rings (SSSR count). The molecule has 3 aromatic rings. The summed E-state index contributed by atoms with van der Waals surface area (Å²) in [5, 5.41) is 3.36. The number of amides is 1. The highest BCUT2D eigenvalue weighted by Gasteiger charge is 2.35. The number of hydrogen-bond donors (Lipinski definition) is 2. The molecule has 1 aromatic carbocycles. The molecule has 1 aliphatic heterocycles. The molecule has 0 bridgehead atoms. The number of carbonyl (C=O) groups excluding carboxylic acids is 1. The SMILES string of the molecule is COc1ccc(C(=O)N2CCC(C)(c3cc(N)nc(C)n3)CC2)cc1NCc1cccnc1. The van der Waals surface area contributed by atoms with E-state index in [-0.39, 0.29) is 11.3 Å². The fraction of sp³-hybridized carbons (Fsp3) is 0.360. The van der Waals surface area contributed by atoms with Crippen LogP contribution >= 0.6 is 0 Å². The Labute approximate surface area is 194 Å². The lowest BCUT2D eigenvalue weighted by atomic mass is 9.77. The van der Waals surface area contributed by atoms with Gasteiger partial charge >= 0.3 is 0 Å². The van der Waals surface area contributed by atoms with E-state index < -0.39 is 0 Å². The normalized spacial score (nSPS) is 15.2. The Balaban J connectivity index is 1.46. The summed E-state index contributed by atoms with van der Waals surface area (Å²) in [4.78, 5) is 28.1. The number of carbonyl (C=O) groups is 1. The number of nitrogen functional groups attached to an aromatic ring is 1. The molecule has 8 nitrogen and oxygen atoms in total. The number of benzene rings is 1. The maximum atomic E-state index is 13.3. The van der Waals surface area contributed by atoms with E-state index in [1.807, 2.05) is 54.4 Å². The minimum absolute atomic E-state index is 0.0162. The van der Waals surface area contributed by atoms with Gasteiger partial charge in [-0.3, -0.25) is 9.78 Å². The number of nitrogens with zero attached hydrogens (tertiary/aromatic N) is 4. The summed E-state index contributed by atoms with van der Waals surface area (Å²) in [7, 11) is 1.62. The van der Waals surface area contributed by atoms with Crippen LogP contribution in [0.25, 0.3) is 0 Å². The van der Waals surface area contributed by atoms with Crippen molar-refractivity contribution in [1.82, 2.24) is 19.9 Å². The second-order valence-corrected chi connectivity index (χ2v) is 8.71. The predicted molar refractivity (Wildman–Crippen MR) is 128 cm³/mol. The van der Waals surface area contributed by atoms with Gasteiger partial charge in [0.05, 0.1) is 18.5 Å². The third-order valence-electron chi connectivity index (χ3n) is 6.28. The third kappa shape index (κ3) is 5.05. The lowest BCUT2D eigenvalue weighted by Crippen LogP contribution is -2.44. The van der Waals surface area contributed by atoms with Crippen LogP contribution in [-0.2, 0) is 12.0 Å². The Kier molecular flexibility index (Phi) is 6.44. The number of hydrogen-bond acceptors (Lipinski definition) is 7. The molecule has 1 aliphatic rings. The van der Waals surface area contributed by atoms with E-state index >= 15 is 0 Å². The topological polar surface area (TPSA) is 106 Å². The minimum Gasteiger partial charge on any atom is -0.495 e. The van der Waals surface area contributed by atoms with Crippen LogP contribution in [0.4, 0.5) is 11.5 Å². The molecule has 0 radical (unpaired) electrons. The molecule has 172 valence electrons. The fourth-order valence-electron chi connectivity index (χ4n) is 4.22. The van der Waals surface area contributed by atoms with Crippen molar-refractivity contribution in [3.8, 4) is 5.75 Å². The third-order valence-corrected chi connectivity index (χ3v) is 6.28. The monoisotopic (exact) mass is 446 g/mol. The second-order valence-electron chi connectivity index (χ2n) is 8.71. The zero-order valence-corrected chi connectivity index (χ0v) is 19.3. The first-order valence-electron chi connectivity index (χ1n) is 11.1. The highest BCUT2D eigenvalue weighted by molar-refractivity contribution is 5.95. The smallest absolute Gasteiger partial charge is 0.253 e. The van der Waals surface area contributed by atoms with Crippen molar-refractivity contribution in [1.29, 1.82) is 0 Å². The van der Waals surface area contributed by atoms with Crippen molar-refractivity contribution in [2.75, 3.05) is 31.2 Å². The quantitative estimate of drug-likeness (QED) is 0.596. The molecule has 0 atom stereocenters. The summed E-state index contributed by atoms with van der Waals surface area (Å²) in [5.41, 5.74) is 9.22. The number of nitrogens with one attached hydrogen (secondary N) is 1. The number of nitrogens with two attached hydrogens (primary N) is 1. The average Bonchev–Trinajstić information content (AvgIpc) is 2.82. The molecular formula is C25H30N6O2. The summed E-state index contributed by atoms with van der Waals surface area (Å²) in [5.74, 6) is 1.87. The summed E-state index contributed by atoms with van der Waals surface area (Å²) in [6.45, 7) is 5.94. The van der Waals surface area contributed by atoms with Gasteiger partial charge in [-0.2, -0.15) is 0 Å². The number of aromatic nitrogens is 3. The standard InChI is InChI=1S/C25H30N6O2/c1-17-29-22(14-23(26)30-17)25(2)8-11-31(12-9-25)24(32)19-6-7-21(33-3)20(13-19)28-16-18-5-4-10-27-15-18/h4-7,10,13-15,28H,8-9,11-12,16H2,1-3H3,(H2,26,29,30). The first-order valence-corrected chi connectivity index (χ1v) is 11.1. The maximum Gasteiger partial charge on any atom is 0.253 e. The molecule has 33 heavy (non-hydrogen) atoms. The Bertz CT molecular complexity index is 1110. The predicted octanol–water partition coefficient (Wildman–Crippen LogP) is 3.58. The molecule has 3 N–H and O–H groups in total. The van der Waals surface area contributed by atoms with Gasteiger partial charge in [0.25, 0.3) is 5.91 Å². The maximum absolute atomic E-state index is 13.3. The van der Waals surface area contributed by atoms with Crippen molar-refractivity contribution in [3.63, 3.8) is 0 Å². The molecule has 1 amide bonds. The molecule has 3 heterocycles. The number of likely N-dealkylation sites (tertiary alicyclic amines) is 1. The molecular weight excluding hydrogens is 416 g/mol. The van der Waals surface area contributed by atoms with Gasteiger partial charge in [-0.15, -0.1) is 0 Å². The van der Waals surface area contributed by atoms with E-state index in [4.69, 9.17) is 10.5 Å².